The number of aromatic nitrogens is 2. The molecule has 9 aromatic rings. The van der Waals surface area contributed by atoms with Crippen molar-refractivity contribution in [2.75, 3.05) is 9.80 Å². The second kappa shape index (κ2) is 16.6. The summed E-state index contributed by atoms with van der Waals surface area (Å²) in [7, 11) is 0. The van der Waals surface area contributed by atoms with Gasteiger partial charge in [0.05, 0.1) is 0 Å². The molecule has 316 valence electrons. The van der Waals surface area contributed by atoms with Crippen LogP contribution in [0.3, 0.4) is 0 Å². The number of rotatable bonds is 8. The number of pyridine rings is 1. The number of benzene rings is 7. The topological polar surface area (TPSA) is 33.5 Å². The molecule has 0 aliphatic carbocycles. The molecule has 0 amide bonds. The Morgan fingerprint density at radius 2 is 1.27 bits per heavy atom. The Morgan fingerprint density at radius 3 is 2.02 bits per heavy atom. The van der Waals surface area contributed by atoms with Gasteiger partial charge >= 0.3 is 0 Å². The largest absolute Gasteiger partial charge is 0.509 e. The number of nitrogens with zero attached hydrogens (tertiary/aromatic N) is 4. The number of hydrogen-bond acceptors (Lipinski definition) is 4. The van der Waals surface area contributed by atoms with E-state index in [1.165, 1.54) is 23.3 Å². The van der Waals surface area contributed by atoms with E-state index in [4.69, 9.17) is 9.72 Å². The van der Waals surface area contributed by atoms with Crippen molar-refractivity contribution in [2.45, 2.75) is 46.0 Å². The van der Waals surface area contributed by atoms with Crippen LogP contribution >= 0.6 is 0 Å². The van der Waals surface area contributed by atoms with E-state index in [2.05, 4.69) is 134 Å². The van der Waals surface area contributed by atoms with Gasteiger partial charge in [-0.3, -0.25) is 0 Å². The SMILES string of the molecule is CC(C)c1ccccc1-c1cc(Oc2[c-]c3c(cc2)c2ccccc2n3-c2cc(C(C)(C)C)ccn2)[c-]c(N2[CH-]N(c3ccccc3-c3cc(F)cc(F)c3)c3ccccc32)c1.[Pt]. The molecule has 63 heavy (non-hydrogen) atoms. The molecule has 1 aliphatic heterocycles. The summed E-state index contributed by atoms with van der Waals surface area (Å²) in [6.07, 6.45) is 1.88. The van der Waals surface area contributed by atoms with Crippen molar-refractivity contribution in [1.82, 2.24) is 9.55 Å². The van der Waals surface area contributed by atoms with Gasteiger partial charge in [0.1, 0.15) is 17.5 Å². The van der Waals surface area contributed by atoms with Crippen LogP contribution in [0.4, 0.5) is 31.5 Å². The van der Waals surface area contributed by atoms with Gasteiger partial charge in [-0.2, -0.15) is 6.07 Å². The van der Waals surface area contributed by atoms with E-state index < -0.39 is 11.6 Å². The van der Waals surface area contributed by atoms with Gasteiger partial charge in [0.15, 0.2) is 0 Å². The molecule has 1 aliphatic rings. The third kappa shape index (κ3) is 7.80. The van der Waals surface area contributed by atoms with Crippen LogP contribution in [-0.2, 0) is 26.5 Å². The fourth-order valence-corrected chi connectivity index (χ4v) is 8.56. The van der Waals surface area contributed by atoms with Crippen molar-refractivity contribution >= 4 is 44.6 Å². The van der Waals surface area contributed by atoms with Gasteiger partial charge < -0.3 is 19.1 Å². The molecule has 8 heteroatoms. The minimum Gasteiger partial charge on any atom is -0.509 e. The smallest absolute Gasteiger partial charge is 0.135 e. The van der Waals surface area contributed by atoms with Crippen molar-refractivity contribution in [3.05, 3.63) is 199 Å². The number of fused-ring (bicyclic) bond motifs is 4. The standard InChI is InChI=1S/C55H43F2N4O.Pt/c1-35(2)44-14-6-7-15-45(44)37-28-41(59-34-60(52-21-13-12-20-51(52)59)49-18-10-8-16-46(49)36-26-39(56)31-40(57)27-36)32-43(29-37)62-42-22-23-48-47-17-9-11-19-50(47)61(53(48)33-42)54-30-38(24-25-58-54)55(3,4)5;/h6-31,34-35H,1-5H3;/q-3;. The molecular formula is C55H43F2N4OPt-3. The molecule has 10 rings (SSSR count). The molecule has 0 N–H and O–H groups in total. The maximum atomic E-state index is 14.6. The van der Waals surface area contributed by atoms with E-state index in [-0.39, 0.29) is 32.4 Å². The van der Waals surface area contributed by atoms with Gasteiger partial charge in [0, 0.05) is 73.0 Å². The molecule has 0 bridgehead atoms. The molecule has 0 fully saturated rings. The van der Waals surface area contributed by atoms with E-state index in [0.717, 1.165) is 67.6 Å². The summed E-state index contributed by atoms with van der Waals surface area (Å²) in [5.74, 6) is 0.871. The molecule has 0 atom stereocenters. The molecule has 0 spiro atoms. The first kappa shape index (κ1) is 41.8. The predicted octanol–water partition coefficient (Wildman–Crippen LogP) is 15.0. The number of hydrogen-bond donors (Lipinski definition) is 0. The van der Waals surface area contributed by atoms with Gasteiger partial charge in [-0.15, -0.1) is 53.6 Å². The Kier molecular flexibility index (Phi) is 11.0. The third-order valence-electron chi connectivity index (χ3n) is 11.6. The van der Waals surface area contributed by atoms with Gasteiger partial charge in [-0.1, -0.05) is 113 Å². The van der Waals surface area contributed by atoms with E-state index in [9.17, 15) is 8.78 Å². The molecule has 2 aromatic heterocycles. The molecule has 3 heterocycles. The van der Waals surface area contributed by atoms with Crippen molar-refractivity contribution in [3.63, 3.8) is 0 Å². The first-order valence-corrected chi connectivity index (χ1v) is 20.8. The van der Waals surface area contributed by atoms with Gasteiger partial charge in [-0.05, 0) is 87.5 Å². The Bertz CT molecular complexity index is 3150. The van der Waals surface area contributed by atoms with Crippen molar-refractivity contribution in [3.8, 4) is 39.6 Å². The quantitative estimate of drug-likeness (QED) is 0.142. The molecular weight excluding hydrogens is 966 g/mol. The van der Waals surface area contributed by atoms with Crippen LogP contribution in [0, 0.1) is 30.4 Å². The molecule has 0 saturated carbocycles. The zero-order chi connectivity index (χ0) is 42.7. The summed E-state index contributed by atoms with van der Waals surface area (Å²) < 4.78 is 38.2. The van der Waals surface area contributed by atoms with Crippen LogP contribution in [-0.4, -0.2) is 9.55 Å². The van der Waals surface area contributed by atoms with Crippen molar-refractivity contribution < 1.29 is 34.6 Å². The number of ether oxygens (including phenoxy) is 1. The Labute approximate surface area is 381 Å². The third-order valence-corrected chi connectivity index (χ3v) is 11.6. The summed E-state index contributed by atoms with van der Waals surface area (Å²) in [5, 5.41) is 2.15. The first-order chi connectivity index (χ1) is 30.0. The summed E-state index contributed by atoms with van der Waals surface area (Å²) in [5.41, 5.74) is 10.8. The maximum Gasteiger partial charge on any atom is 0.135 e. The van der Waals surface area contributed by atoms with Crippen LogP contribution in [0.5, 0.6) is 11.5 Å². The normalized spacial score (nSPS) is 12.6. The summed E-state index contributed by atoms with van der Waals surface area (Å²) in [6, 6.07) is 55.9. The number of halogens is 2. The fourth-order valence-electron chi connectivity index (χ4n) is 8.56. The summed E-state index contributed by atoms with van der Waals surface area (Å²) in [4.78, 5) is 9.00. The Morgan fingerprint density at radius 1 is 0.619 bits per heavy atom. The second-order valence-corrected chi connectivity index (χ2v) is 17.1. The van der Waals surface area contributed by atoms with Gasteiger partial charge in [-0.25, -0.2) is 13.8 Å². The van der Waals surface area contributed by atoms with E-state index in [1.807, 2.05) is 73.5 Å². The molecule has 0 unspecified atom stereocenters. The van der Waals surface area contributed by atoms with Crippen molar-refractivity contribution in [2.24, 2.45) is 0 Å². The zero-order valence-electron chi connectivity index (χ0n) is 35.4. The van der Waals surface area contributed by atoms with Crippen LogP contribution < -0.4 is 14.5 Å². The molecule has 0 radical (unpaired) electrons. The number of anilines is 4. The first-order valence-electron chi connectivity index (χ1n) is 20.8. The average molecular weight is 1010 g/mol. The van der Waals surface area contributed by atoms with Gasteiger partial charge in [0.2, 0.25) is 0 Å². The monoisotopic (exact) mass is 1010 g/mol. The molecule has 7 aromatic carbocycles. The summed E-state index contributed by atoms with van der Waals surface area (Å²) >= 11 is 0. The van der Waals surface area contributed by atoms with Crippen molar-refractivity contribution in [1.29, 1.82) is 0 Å². The predicted molar refractivity (Wildman–Crippen MR) is 248 cm³/mol. The van der Waals surface area contributed by atoms with Gasteiger partial charge in [0.25, 0.3) is 0 Å². The Balaban J connectivity index is 0.00000504. The van der Waals surface area contributed by atoms with Crippen LogP contribution in [0.15, 0.2) is 158 Å². The average Bonchev–Trinajstić information content (AvgIpc) is 3.82. The zero-order valence-corrected chi connectivity index (χ0v) is 37.7. The Hall–Kier alpha value is -6.56. The maximum absolute atomic E-state index is 14.6. The minimum atomic E-state index is -0.632. The minimum absolute atomic E-state index is 0. The van der Waals surface area contributed by atoms with Crippen LogP contribution in [0.1, 0.15) is 51.7 Å². The van der Waals surface area contributed by atoms with Crippen LogP contribution in [0.2, 0.25) is 0 Å². The summed E-state index contributed by atoms with van der Waals surface area (Å²) in [6.45, 7) is 13.0. The van der Waals surface area contributed by atoms with E-state index in [1.54, 1.807) is 0 Å². The van der Waals surface area contributed by atoms with E-state index in [0.29, 0.717) is 22.6 Å². The van der Waals surface area contributed by atoms with E-state index >= 15 is 0 Å². The molecule has 0 saturated heterocycles. The fraction of sp³-hybridized carbons (Fsp3) is 0.127. The van der Waals surface area contributed by atoms with Crippen LogP contribution in [0.25, 0.3) is 49.9 Å². The second-order valence-electron chi connectivity index (χ2n) is 17.1. The number of para-hydroxylation sites is 4. The molecule has 5 nitrogen and oxygen atoms in total.